The van der Waals surface area contributed by atoms with Crippen LogP contribution in [0.25, 0.3) is 0 Å². The van der Waals surface area contributed by atoms with Gasteiger partial charge in [0.2, 0.25) is 5.17 Å². The lowest BCUT2D eigenvalue weighted by Crippen LogP contribution is -2.44. The van der Waals surface area contributed by atoms with E-state index in [0.717, 1.165) is 0 Å². The molecule has 1 unspecified atom stereocenters. The molecule has 0 fully saturated rings. The highest BCUT2D eigenvalue weighted by Crippen LogP contribution is 2.32. The standard InChI is InChI=1S/C14H22N6O2S2/c1-9(18-24(22)13(2,3)4)10-15-8-16-20(10)12-17-19(7)11(21)14(5,6)23-12/h8H,1-7H3/b18-9+. The van der Waals surface area contributed by atoms with Gasteiger partial charge in [0.25, 0.3) is 5.91 Å². The van der Waals surface area contributed by atoms with E-state index < -0.39 is 20.5 Å². The van der Waals surface area contributed by atoms with E-state index in [1.807, 2.05) is 34.6 Å². The molecule has 10 heteroatoms. The number of hydrogen-bond acceptors (Lipinski definition) is 6. The van der Waals surface area contributed by atoms with E-state index in [0.29, 0.717) is 16.7 Å². The van der Waals surface area contributed by atoms with Crippen LogP contribution in [0.1, 0.15) is 47.4 Å². The third kappa shape index (κ3) is 3.75. The SMILES string of the molecule is C/C(=N\S(=O)C(C)(C)C)c1ncnn1C1=NN(C)C(=O)C(C)(C)S1. The first-order valence-electron chi connectivity index (χ1n) is 7.37. The van der Waals surface area contributed by atoms with Crippen LogP contribution in [0, 0.1) is 0 Å². The summed E-state index contributed by atoms with van der Waals surface area (Å²) in [5.74, 6) is 0.370. The van der Waals surface area contributed by atoms with Crippen molar-refractivity contribution < 1.29 is 9.00 Å². The number of thioether (sulfide) groups is 1. The molecule has 132 valence electrons. The van der Waals surface area contributed by atoms with Gasteiger partial charge < -0.3 is 0 Å². The third-order valence-corrected chi connectivity index (χ3v) is 5.80. The summed E-state index contributed by atoms with van der Waals surface area (Å²) in [6, 6.07) is 0. The normalized spacial score (nSPS) is 20.1. The minimum Gasteiger partial charge on any atom is -0.271 e. The zero-order chi connectivity index (χ0) is 18.3. The summed E-state index contributed by atoms with van der Waals surface area (Å²) in [6.07, 6.45) is 1.39. The molecule has 1 atom stereocenters. The Labute approximate surface area is 148 Å². The first kappa shape index (κ1) is 18.8. The van der Waals surface area contributed by atoms with Crippen molar-refractivity contribution in [3.63, 3.8) is 0 Å². The summed E-state index contributed by atoms with van der Waals surface area (Å²) in [5, 5.41) is 10.3. The van der Waals surface area contributed by atoms with Crippen molar-refractivity contribution in [1.82, 2.24) is 19.8 Å². The quantitative estimate of drug-likeness (QED) is 0.738. The third-order valence-electron chi connectivity index (χ3n) is 3.19. The van der Waals surface area contributed by atoms with E-state index in [-0.39, 0.29) is 5.91 Å². The van der Waals surface area contributed by atoms with Crippen molar-refractivity contribution in [3.8, 4) is 0 Å². The fraction of sp³-hybridized carbons (Fsp3) is 0.643. The molecule has 0 aliphatic carbocycles. The predicted molar refractivity (Wildman–Crippen MR) is 97.4 cm³/mol. The van der Waals surface area contributed by atoms with Gasteiger partial charge in [-0.15, -0.1) is 5.10 Å². The van der Waals surface area contributed by atoms with E-state index in [1.54, 1.807) is 14.0 Å². The molecule has 0 saturated carbocycles. The first-order valence-corrected chi connectivity index (χ1v) is 9.29. The van der Waals surface area contributed by atoms with E-state index in [9.17, 15) is 9.00 Å². The maximum Gasteiger partial charge on any atom is 0.258 e. The molecule has 0 bridgehead atoms. The van der Waals surface area contributed by atoms with Crippen LogP contribution in [-0.4, -0.2) is 57.3 Å². The number of amides is 1. The smallest absolute Gasteiger partial charge is 0.258 e. The molecule has 1 amide bonds. The van der Waals surface area contributed by atoms with Gasteiger partial charge in [-0.05, 0) is 41.5 Å². The van der Waals surface area contributed by atoms with Gasteiger partial charge in [0, 0.05) is 7.05 Å². The molecule has 0 aromatic carbocycles. The number of aromatic nitrogens is 3. The highest BCUT2D eigenvalue weighted by molar-refractivity contribution is 8.15. The highest BCUT2D eigenvalue weighted by atomic mass is 32.2. The van der Waals surface area contributed by atoms with Gasteiger partial charge in [-0.2, -0.15) is 14.2 Å². The van der Waals surface area contributed by atoms with Crippen molar-refractivity contribution in [2.45, 2.75) is 51.0 Å². The van der Waals surface area contributed by atoms with Crippen LogP contribution in [0.2, 0.25) is 0 Å². The van der Waals surface area contributed by atoms with Gasteiger partial charge in [0.05, 0.1) is 15.2 Å². The van der Waals surface area contributed by atoms with Gasteiger partial charge >= 0.3 is 0 Å². The van der Waals surface area contributed by atoms with Gasteiger partial charge in [0.1, 0.15) is 17.3 Å². The van der Waals surface area contributed by atoms with Crippen molar-refractivity contribution in [3.05, 3.63) is 12.2 Å². The largest absolute Gasteiger partial charge is 0.271 e. The lowest BCUT2D eigenvalue weighted by Gasteiger charge is -2.31. The van der Waals surface area contributed by atoms with Gasteiger partial charge in [-0.25, -0.2) is 14.2 Å². The Morgan fingerprint density at radius 2 is 2.00 bits per heavy atom. The summed E-state index contributed by atoms with van der Waals surface area (Å²) >= 11 is 1.30. The Morgan fingerprint density at radius 1 is 1.38 bits per heavy atom. The molecule has 0 saturated heterocycles. The van der Waals surface area contributed by atoms with Crippen molar-refractivity contribution >= 4 is 39.5 Å². The van der Waals surface area contributed by atoms with Crippen LogP contribution >= 0.6 is 11.8 Å². The second-order valence-corrected chi connectivity index (χ2v) is 10.4. The molecular formula is C14H22N6O2S2. The number of carbonyl (C=O) groups is 1. The van der Waals surface area contributed by atoms with E-state index in [4.69, 9.17) is 0 Å². The van der Waals surface area contributed by atoms with Crippen molar-refractivity contribution in [1.29, 1.82) is 0 Å². The topological polar surface area (TPSA) is 92.8 Å². The minimum absolute atomic E-state index is 0.0860. The minimum atomic E-state index is -1.40. The molecule has 0 radical (unpaired) electrons. The predicted octanol–water partition coefficient (Wildman–Crippen LogP) is 1.65. The maximum absolute atomic E-state index is 12.2. The molecule has 0 spiro atoms. The summed E-state index contributed by atoms with van der Waals surface area (Å²) in [5.41, 5.74) is 0.501. The summed E-state index contributed by atoms with van der Waals surface area (Å²) in [4.78, 5) is 16.3. The number of rotatable bonds is 2. The van der Waals surface area contributed by atoms with E-state index in [2.05, 4.69) is 19.6 Å². The molecule has 0 N–H and O–H groups in total. The molecule has 1 aliphatic heterocycles. The average Bonchev–Trinajstić information content (AvgIpc) is 2.92. The highest BCUT2D eigenvalue weighted by Gasteiger charge is 2.38. The average molecular weight is 371 g/mol. The fourth-order valence-electron chi connectivity index (χ4n) is 1.87. The molecule has 8 nitrogen and oxygen atoms in total. The monoisotopic (exact) mass is 370 g/mol. The Hall–Kier alpha value is -1.55. The Morgan fingerprint density at radius 3 is 2.54 bits per heavy atom. The number of nitrogens with zero attached hydrogens (tertiary/aromatic N) is 6. The van der Waals surface area contributed by atoms with Crippen molar-refractivity contribution in [2.24, 2.45) is 9.50 Å². The Kier molecular flexibility index (Phi) is 5.01. The van der Waals surface area contributed by atoms with Crippen LogP contribution in [-0.2, 0) is 15.8 Å². The second-order valence-electron chi connectivity index (χ2n) is 6.86. The Bertz CT molecular complexity index is 745. The molecular weight excluding hydrogens is 348 g/mol. The summed E-state index contributed by atoms with van der Waals surface area (Å²) in [6.45, 7) is 11.0. The van der Waals surface area contributed by atoms with Crippen LogP contribution < -0.4 is 0 Å². The Balaban J connectivity index is 2.42. The number of hydrogen-bond donors (Lipinski definition) is 0. The molecule has 24 heavy (non-hydrogen) atoms. The van der Waals surface area contributed by atoms with Gasteiger partial charge in [-0.1, -0.05) is 11.8 Å². The van der Waals surface area contributed by atoms with Gasteiger partial charge in [0.15, 0.2) is 5.82 Å². The summed E-state index contributed by atoms with van der Waals surface area (Å²) in [7, 11) is 0.210. The van der Waals surface area contributed by atoms with Gasteiger partial charge in [-0.3, -0.25) is 4.79 Å². The van der Waals surface area contributed by atoms with Crippen molar-refractivity contribution in [2.75, 3.05) is 7.05 Å². The van der Waals surface area contributed by atoms with Crippen LogP contribution in [0.15, 0.2) is 15.8 Å². The van der Waals surface area contributed by atoms with Crippen LogP contribution in [0.3, 0.4) is 0 Å². The molecule has 2 rings (SSSR count). The lowest BCUT2D eigenvalue weighted by atomic mass is 10.2. The maximum atomic E-state index is 12.2. The molecule has 1 aromatic rings. The summed E-state index contributed by atoms with van der Waals surface area (Å²) < 4.78 is 16.9. The zero-order valence-corrected chi connectivity index (χ0v) is 16.5. The van der Waals surface area contributed by atoms with Crippen LogP contribution in [0.4, 0.5) is 0 Å². The second kappa shape index (κ2) is 6.40. The molecule has 2 heterocycles. The molecule has 1 aromatic heterocycles. The molecule has 1 aliphatic rings. The zero-order valence-electron chi connectivity index (χ0n) is 14.9. The van der Waals surface area contributed by atoms with E-state index >= 15 is 0 Å². The number of carbonyl (C=O) groups excluding carboxylic acids is 1. The van der Waals surface area contributed by atoms with E-state index in [1.165, 1.54) is 27.8 Å². The lowest BCUT2D eigenvalue weighted by molar-refractivity contribution is -0.131. The fourth-order valence-corrected chi connectivity index (χ4v) is 3.54. The first-order chi connectivity index (χ1) is 10.9. The van der Waals surface area contributed by atoms with Crippen LogP contribution in [0.5, 0.6) is 0 Å². The number of hydrazone groups is 1.